The first-order valence-corrected chi connectivity index (χ1v) is 14.2. The van der Waals surface area contributed by atoms with E-state index >= 15 is 0 Å². The van der Waals surface area contributed by atoms with Crippen LogP contribution in [-0.4, -0.2) is 65.6 Å². The normalized spacial score (nSPS) is 16.6. The summed E-state index contributed by atoms with van der Waals surface area (Å²) in [6.45, 7) is 6.06. The zero-order valence-corrected chi connectivity index (χ0v) is 24.2. The SMILES string of the molecule is [3H]C1CC(=O)N(CCCCCC(=O)N[C@H](C(=O)N[C@@H](CCCNC(N)=O)C(=O)Nc2ccc(CC)cc2)C(C)C)C1=O. The van der Waals surface area contributed by atoms with Crippen molar-refractivity contribution in [3.05, 3.63) is 29.8 Å². The second kappa shape index (κ2) is 17.0. The smallest absolute Gasteiger partial charge is 0.312 e. The molecule has 0 spiro atoms. The second-order valence-electron chi connectivity index (χ2n) is 10.4. The summed E-state index contributed by atoms with van der Waals surface area (Å²) in [6, 6.07) is 4.90. The Bertz CT molecular complexity index is 1110. The van der Waals surface area contributed by atoms with Gasteiger partial charge >= 0.3 is 6.03 Å². The monoisotopic (exact) mass is 574 g/mol. The highest BCUT2D eigenvalue weighted by Crippen LogP contribution is 2.14. The van der Waals surface area contributed by atoms with Crippen LogP contribution in [0, 0.1) is 5.92 Å². The zero-order chi connectivity index (χ0) is 31.2. The van der Waals surface area contributed by atoms with Gasteiger partial charge in [-0.3, -0.25) is 28.9 Å². The van der Waals surface area contributed by atoms with Crippen LogP contribution in [0.3, 0.4) is 0 Å². The van der Waals surface area contributed by atoms with Gasteiger partial charge in [-0.1, -0.05) is 39.3 Å². The average molecular weight is 575 g/mol. The number of anilines is 1. The number of nitrogens with two attached hydrogens (primary N) is 1. The van der Waals surface area contributed by atoms with E-state index in [1.165, 1.54) is 0 Å². The number of amides is 7. The summed E-state index contributed by atoms with van der Waals surface area (Å²) in [7, 11) is 0. The van der Waals surface area contributed by atoms with Crippen molar-refractivity contribution < 1.29 is 30.1 Å². The lowest BCUT2D eigenvalue weighted by Crippen LogP contribution is -2.54. The Morgan fingerprint density at radius 2 is 1.68 bits per heavy atom. The van der Waals surface area contributed by atoms with E-state index in [0.29, 0.717) is 31.4 Å². The maximum atomic E-state index is 13.2. The summed E-state index contributed by atoms with van der Waals surface area (Å²) in [4.78, 5) is 74.8. The lowest BCUT2D eigenvalue weighted by Gasteiger charge is -2.25. The van der Waals surface area contributed by atoms with E-state index in [1.54, 1.807) is 26.0 Å². The molecule has 12 nitrogen and oxygen atoms in total. The van der Waals surface area contributed by atoms with Gasteiger partial charge in [0.15, 0.2) is 0 Å². The Hall–Kier alpha value is -3.96. The second-order valence-corrected chi connectivity index (χ2v) is 10.4. The number of hydrogen-bond acceptors (Lipinski definition) is 6. The molecule has 1 aliphatic rings. The van der Waals surface area contributed by atoms with Crippen molar-refractivity contribution in [2.75, 3.05) is 18.4 Å². The molecule has 12 heteroatoms. The summed E-state index contributed by atoms with van der Waals surface area (Å²) in [5.74, 6) is -2.33. The first kappa shape index (κ1) is 31.6. The number of likely N-dealkylation sites (tertiary alicyclic amines) is 1. The average Bonchev–Trinajstić information content (AvgIpc) is 3.18. The third-order valence-corrected chi connectivity index (χ3v) is 6.80. The molecule has 1 heterocycles. The number of nitrogens with one attached hydrogen (secondary N) is 4. The Kier molecular flexibility index (Phi) is 13.1. The minimum absolute atomic E-state index is 0.0846. The largest absolute Gasteiger partial charge is 0.352 e. The van der Waals surface area contributed by atoms with Crippen molar-refractivity contribution in [1.82, 2.24) is 20.9 Å². The zero-order valence-electron chi connectivity index (χ0n) is 25.2. The van der Waals surface area contributed by atoms with Gasteiger partial charge in [0, 0.05) is 39.4 Å². The van der Waals surface area contributed by atoms with Gasteiger partial charge in [-0.25, -0.2) is 4.79 Å². The van der Waals surface area contributed by atoms with Crippen molar-refractivity contribution in [3.63, 3.8) is 0 Å². The summed E-state index contributed by atoms with van der Waals surface area (Å²) >= 11 is 0. The maximum Gasteiger partial charge on any atom is 0.312 e. The number of rotatable bonds is 17. The number of unbranched alkanes of at least 4 members (excludes halogenated alkanes) is 2. The number of primary amides is 1. The van der Waals surface area contributed by atoms with E-state index in [0.717, 1.165) is 16.9 Å². The molecule has 1 aromatic carbocycles. The fourth-order valence-electron chi connectivity index (χ4n) is 4.37. The minimum Gasteiger partial charge on any atom is -0.352 e. The molecule has 1 aromatic rings. The van der Waals surface area contributed by atoms with Crippen LogP contribution in [-0.2, 0) is 30.4 Å². The molecule has 2 rings (SSSR count). The van der Waals surface area contributed by atoms with Crippen LogP contribution in [0.1, 0.15) is 79.0 Å². The number of benzene rings is 1. The highest BCUT2D eigenvalue weighted by Gasteiger charge is 2.29. The first-order valence-electron chi connectivity index (χ1n) is 14.8. The summed E-state index contributed by atoms with van der Waals surface area (Å²) < 4.78 is 7.55. The van der Waals surface area contributed by atoms with E-state index in [-0.39, 0.29) is 50.1 Å². The first-order chi connectivity index (χ1) is 19.9. The van der Waals surface area contributed by atoms with Gasteiger partial charge < -0.3 is 27.0 Å². The number of carbonyl (C=O) groups is 6. The number of imide groups is 1. The van der Waals surface area contributed by atoms with Crippen molar-refractivity contribution in [1.29, 1.82) is 0 Å². The fraction of sp³-hybridized carbons (Fsp3) is 0.586. The standard InChI is InChI=1S/C29H44N6O6/c1-4-20-11-13-21(14-12-20)32-27(39)22(9-8-17-31-29(30)41)33-28(40)26(19(2)3)34-23(36)10-6-5-7-18-35-24(37)15-16-25(35)38/h11-14,19,22,26H,4-10,15-18H2,1-3H3,(H,32,39)(H,33,40)(H,34,36)(H3,30,31,41)/t22-,26-/m0/s1/i15T/t15?,22-,26-. The van der Waals surface area contributed by atoms with Crippen LogP contribution >= 0.6 is 0 Å². The molecule has 0 radical (unpaired) electrons. The molecule has 1 fully saturated rings. The van der Waals surface area contributed by atoms with Gasteiger partial charge in [0.05, 0.1) is 0 Å². The van der Waals surface area contributed by atoms with E-state index in [1.807, 2.05) is 19.1 Å². The van der Waals surface area contributed by atoms with Crippen molar-refractivity contribution in [3.8, 4) is 0 Å². The third-order valence-electron chi connectivity index (χ3n) is 6.80. The molecular formula is C29H44N6O6. The van der Waals surface area contributed by atoms with Crippen LogP contribution in [0.5, 0.6) is 0 Å². The molecule has 0 aromatic heterocycles. The number of urea groups is 1. The van der Waals surface area contributed by atoms with E-state index in [4.69, 9.17) is 7.10 Å². The van der Waals surface area contributed by atoms with Crippen LogP contribution in [0.15, 0.2) is 24.3 Å². The molecule has 1 unspecified atom stereocenters. The molecule has 1 saturated heterocycles. The highest BCUT2D eigenvalue weighted by atomic mass is 16.2. The molecular weight excluding hydrogens is 528 g/mol. The van der Waals surface area contributed by atoms with Gasteiger partial charge in [-0.2, -0.15) is 0 Å². The van der Waals surface area contributed by atoms with E-state index < -0.39 is 42.2 Å². The van der Waals surface area contributed by atoms with Crippen molar-refractivity contribution in [2.45, 2.75) is 90.6 Å². The molecule has 1 aliphatic heterocycles. The predicted molar refractivity (Wildman–Crippen MR) is 154 cm³/mol. The van der Waals surface area contributed by atoms with Crippen molar-refractivity contribution >= 4 is 41.3 Å². The minimum atomic E-state index is -1.02. The van der Waals surface area contributed by atoms with Crippen LogP contribution in [0.4, 0.5) is 10.5 Å². The highest BCUT2D eigenvalue weighted by molar-refractivity contribution is 6.02. The lowest BCUT2D eigenvalue weighted by molar-refractivity contribution is -0.138. The molecule has 6 N–H and O–H groups in total. The number of carbonyl (C=O) groups excluding carboxylic acids is 6. The van der Waals surface area contributed by atoms with Crippen LogP contribution in [0.2, 0.25) is 0 Å². The van der Waals surface area contributed by atoms with Gasteiger partial charge in [0.1, 0.15) is 12.1 Å². The number of aryl methyl sites for hydroxylation is 1. The molecule has 226 valence electrons. The maximum absolute atomic E-state index is 13.2. The topological polar surface area (TPSA) is 180 Å². The van der Waals surface area contributed by atoms with Gasteiger partial charge in [0.25, 0.3) is 0 Å². The fourth-order valence-corrected chi connectivity index (χ4v) is 4.37. The Morgan fingerprint density at radius 3 is 2.27 bits per heavy atom. The molecule has 3 atom stereocenters. The molecule has 0 aliphatic carbocycles. The van der Waals surface area contributed by atoms with E-state index in [2.05, 4.69) is 21.3 Å². The third kappa shape index (κ3) is 11.6. The molecule has 7 amide bonds. The van der Waals surface area contributed by atoms with Crippen molar-refractivity contribution in [2.24, 2.45) is 11.7 Å². The predicted octanol–water partition coefficient (Wildman–Crippen LogP) is 1.97. The summed E-state index contributed by atoms with van der Waals surface area (Å²) in [5.41, 5.74) is 6.81. The summed E-state index contributed by atoms with van der Waals surface area (Å²) in [5, 5.41) is 10.8. The Labute approximate surface area is 242 Å². The Morgan fingerprint density at radius 1 is 0.976 bits per heavy atom. The van der Waals surface area contributed by atoms with Gasteiger partial charge in [-0.05, 0) is 55.7 Å². The number of nitrogens with zero attached hydrogens (tertiary/aromatic N) is 1. The van der Waals surface area contributed by atoms with Crippen LogP contribution in [0.25, 0.3) is 0 Å². The molecule has 41 heavy (non-hydrogen) atoms. The van der Waals surface area contributed by atoms with Crippen LogP contribution < -0.4 is 27.0 Å². The summed E-state index contributed by atoms with van der Waals surface area (Å²) in [6.07, 6.45) is 2.11. The molecule has 0 bridgehead atoms. The van der Waals surface area contributed by atoms with Gasteiger partial charge in [0.2, 0.25) is 29.5 Å². The number of hydrogen-bond donors (Lipinski definition) is 5. The van der Waals surface area contributed by atoms with E-state index in [9.17, 15) is 28.8 Å². The lowest BCUT2D eigenvalue weighted by atomic mass is 10.0. The molecule has 0 saturated carbocycles. The Balaban J connectivity index is 1.91. The van der Waals surface area contributed by atoms with Gasteiger partial charge in [-0.15, -0.1) is 0 Å². The quantitative estimate of drug-likeness (QED) is 0.140.